The minimum absolute atomic E-state index is 0.667. The summed E-state index contributed by atoms with van der Waals surface area (Å²) in [6.07, 6.45) is 5.70. The molecular weight excluding hydrogens is 322 g/mol. The monoisotopic (exact) mass is 351 g/mol. The highest BCUT2D eigenvalue weighted by atomic mass is 16.5. The fourth-order valence-electron chi connectivity index (χ4n) is 4.27. The normalized spacial score (nSPS) is 19.3. The van der Waals surface area contributed by atoms with Gasteiger partial charge >= 0.3 is 0 Å². The van der Waals surface area contributed by atoms with Gasteiger partial charge in [0.25, 0.3) is 0 Å². The van der Waals surface area contributed by atoms with Crippen molar-refractivity contribution in [2.24, 2.45) is 0 Å². The van der Waals surface area contributed by atoms with Crippen LogP contribution in [0.2, 0.25) is 0 Å². The van der Waals surface area contributed by atoms with Crippen molar-refractivity contribution >= 4 is 0 Å². The zero-order valence-electron chi connectivity index (χ0n) is 15.7. The molecule has 2 aliphatic heterocycles. The second kappa shape index (κ2) is 8.19. The summed E-state index contributed by atoms with van der Waals surface area (Å²) in [7, 11) is 0. The summed E-state index contributed by atoms with van der Waals surface area (Å²) in [6, 6.07) is 13.8. The van der Waals surface area contributed by atoms with E-state index in [1.54, 1.807) is 5.56 Å². The van der Waals surface area contributed by atoms with Gasteiger partial charge in [-0.05, 0) is 56.0 Å². The topological polar surface area (TPSA) is 28.6 Å². The third-order valence-electron chi connectivity index (χ3n) is 5.73. The van der Waals surface area contributed by atoms with Crippen molar-refractivity contribution in [3.63, 3.8) is 0 Å². The molecule has 0 atom stereocenters. The molecule has 0 unspecified atom stereocenters. The molecule has 4 heteroatoms. The number of piperidine rings is 1. The van der Waals surface area contributed by atoms with Crippen LogP contribution in [0.15, 0.2) is 42.6 Å². The summed E-state index contributed by atoms with van der Waals surface area (Å²) in [4.78, 5) is 9.65. The molecule has 4 nitrogen and oxygen atoms in total. The van der Waals surface area contributed by atoms with Gasteiger partial charge in [-0.1, -0.05) is 30.3 Å². The molecule has 0 radical (unpaired) electrons. The van der Waals surface area contributed by atoms with Crippen LogP contribution < -0.4 is 4.74 Å². The molecule has 2 aromatic rings. The van der Waals surface area contributed by atoms with Crippen LogP contribution >= 0.6 is 0 Å². The van der Waals surface area contributed by atoms with Crippen molar-refractivity contribution < 1.29 is 4.74 Å². The first kappa shape index (κ1) is 17.5. The van der Waals surface area contributed by atoms with Crippen molar-refractivity contribution in [2.75, 3.05) is 26.2 Å². The maximum atomic E-state index is 5.43. The number of rotatable bonds is 5. The van der Waals surface area contributed by atoms with E-state index in [4.69, 9.17) is 4.74 Å². The van der Waals surface area contributed by atoms with Crippen LogP contribution in [0.5, 0.6) is 5.88 Å². The van der Waals surface area contributed by atoms with Crippen LogP contribution in [0, 0.1) is 0 Å². The van der Waals surface area contributed by atoms with Gasteiger partial charge in [0.2, 0.25) is 5.88 Å². The van der Waals surface area contributed by atoms with Gasteiger partial charge in [-0.25, -0.2) is 4.98 Å². The van der Waals surface area contributed by atoms with Crippen LogP contribution in [0.1, 0.15) is 36.5 Å². The number of hydrogen-bond donors (Lipinski definition) is 0. The molecule has 0 N–H and O–H groups in total. The third-order valence-corrected chi connectivity index (χ3v) is 5.73. The van der Waals surface area contributed by atoms with Crippen molar-refractivity contribution in [3.05, 3.63) is 59.3 Å². The highest BCUT2D eigenvalue weighted by Gasteiger charge is 2.27. The van der Waals surface area contributed by atoms with Crippen molar-refractivity contribution in [1.82, 2.24) is 14.8 Å². The molecule has 1 aromatic carbocycles. The minimum Gasteiger partial charge on any atom is -0.478 e. The number of likely N-dealkylation sites (tertiary alicyclic amines) is 1. The van der Waals surface area contributed by atoms with Gasteiger partial charge in [-0.2, -0.15) is 0 Å². The lowest BCUT2D eigenvalue weighted by molar-refractivity contribution is 0.0948. The first-order chi connectivity index (χ1) is 12.8. The SMILES string of the molecule is CCOc1ccc(CN2CCC(N3CCc4ccccc4C3)CC2)cn1. The molecule has 3 heterocycles. The number of fused-ring (bicyclic) bond motifs is 1. The van der Waals surface area contributed by atoms with Crippen LogP contribution in [-0.2, 0) is 19.5 Å². The maximum absolute atomic E-state index is 5.43. The van der Waals surface area contributed by atoms with Crippen LogP contribution in [0.4, 0.5) is 0 Å². The van der Waals surface area contributed by atoms with Gasteiger partial charge in [-0.15, -0.1) is 0 Å². The molecule has 0 saturated carbocycles. The van der Waals surface area contributed by atoms with Gasteiger partial charge in [0, 0.05) is 37.9 Å². The van der Waals surface area contributed by atoms with Crippen LogP contribution in [-0.4, -0.2) is 47.1 Å². The fourth-order valence-corrected chi connectivity index (χ4v) is 4.27. The molecule has 26 heavy (non-hydrogen) atoms. The lowest BCUT2D eigenvalue weighted by Gasteiger charge is -2.40. The summed E-state index contributed by atoms with van der Waals surface area (Å²) < 4.78 is 5.43. The standard InChI is InChI=1S/C22H29N3O/c1-2-26-22-8-7-18(15-23-22)16-24-12-10-21(11-13-24)25-14-9-19-5-3-4-6-20(19)17-25/h3-8,15,21H,2,9-14,16-17H2,1H3. The number of pyridine rings is 1. The zero-order valence-corrected chi connectivity index (χ0v) is 15.7. The Kier molecular flexibility index (Phi) is 5.51. The van der Waals surface area contributed by atoms with Crippen molar-refractivity contribution in [3.8, 4) is 5.88 Å². The van der Waals surface area contributed by atoms with E-state index >= 15 is 0 Å². The van der Waals surface area contributed by atoms with Gasteiger partial charge in [0.05, 0.1) is 6.61 Å². The first-order valence-corrected chi connectivity index (χ1v) is 9.92. The lowest BCUT2D eigenvalue weighted by atomic mass is 9.95. The van der Waals surface area contributed by atoms with E-state index in [2.05, 4.69) is 45.1 Å². The number of benzene rings is 1. The second-order valence-electron chi connectivity index (χ2n) is 7.43. The number of ether oxygens (including phenoxy) is 1. The van der Waals surface area contributed by atoms with Crippen LogP contribution in [0.25, 0.3) is 0 Å². The molecule has 138 valence electrons. The lowest BCUT2D eigenvalue weighted by Crippen LogP contribution is -2.46. The quantitative estimate of drug-likeness (QED) is 0.824. The third kappa shape index (κ3) is 4.08. The van der Waals surface area contributed by atoms with E-state index in [0.717, 1.165) is 25.0 Å². The van der Waals surface area contributed by atoms with Gasteiger partial charge < -0.3 is 4.74 Å². The number of hydrogen-bond acceptors (Lipinski definition) is 4. The molecule has 1 fully saturated rings. The van der Waals surface area contributed by atoms with E-state index in [1.165, 1.54) is 50.0 Å². The van der Waals surface area contributed by atoms with Gasteiger partial charge in [-0.3, -0.25) is 9.80 Å². The Morgan fingerprint density at radius 2 is 1.85 bits per heavy atom. The highest BCUT2D eigenvalue weighted by molar-refractivity contribution is 5.29. The van der Waals surface area contributed by atoms with Crippen molar-refractivity contribution in [2.45, 2.75) is 45.3 Å². The average Bonchev–Trinajstić information content (AvgIpc) is 2.70. The molecule has 0 bridgehead atoms. The largest absolute Gasteiger partial charge is 0.478 e. The maximum Gasteiger partial charge on any atom is 0.213 e. The average molecular weight is 351 g/mol. The molecule has 2 aliphatic rings. The predicted octanol–water partition coefficient (Wildman–Crippen LogP) is 3.50. The molecule has 0 amide bonds. The molecule has 0 aliphatic carbocycles. The Labute approximate surface area is 156 Å². The summed E-state index contributed by atoms with van der Waals surface area (Å²) in [5, 5.41) is 0. The van der Waals surface area contributed by atoms with Crippen molar-refractivity contribution in [1.29, 1.82) is 0 Å². The van der Waals surface area contributed by atoms with E-state index in [-0.39, 0.29) is 0 Å². The van der Waals surface area contributed by atoms with Gasteiger partial charge in [0.15, 0.2) is 0 Å². The summed E-state index contributed by atoms with van der Waals surface area (Å²) in [6.45, 7) is 8.34. The number of aromatic nitrogens is 1. The Morgan fingerprint density at radius 1 is 1.04 bits per heavy atom. The summed E-state index contributed by atoms with van der Waals surface area (Å²) in [5.41, 5.74) is 4.35. The van der Waals surface area contributed by atoms with E-state index in [9.17, 15) is 0 Å². The smallest absolute Gasteiger partial charge is 0.213 e. The molecule has 0 spiro atoms. The van der Waals surface area contributed by atoms with E-state index in [1.807, 2.05) is 19.2 Å². The van der Waals surface area contributed by atoms with E-state index < -0.39 is 0 Å². The fraction of sp³-hybridized carbons (Fsp3) is 0.500. The Bertz CT molecular complexity index is 708. The summed E-state index contributed by atoms with van der Waals surface area (Å²) >= 11 is 0. The Balaban J connectivity index is 1.28. The van der Waals surface area contributed by atoms with Crippen LogP contribution in [0.3, 0.4) is 0 Å². The predicted molar refractivity (Wildman–Crippen MR) is 104 cm³/mol. The van der Waals surface area contributed by atoms with E-state index in [0.29, 0.717) is 6.61 Å². The second-order valence-corrected chi connectivity index (χ2v) is 7.43. The molecule has 4 rings (SSSR count). The molecule has 1 aromatic heterocycles. The summed E-state index contributed by atoms with van der Waals surface area (Å²) in [5.74, 6) is 0.723. The molecular formula is C22H29N3O. The van der Waals surface area contributed by atoms with Gasteiger partial charge in [0.1, 0.15) is 0 Å². The number of nitrogens with zero attached hydrogens (tertiary/aromatic N) is 3. The first-order valence-electron chi connectivity index (χ1n) is 9.92. The highest BCUT2D eigenvalue weighted by Crippen LogP contribution is 2.25. The Hall–Kier alpha value is -1.91. The minimum atomic E-state index is 0.667. The molecule has 1 saturated heterocycles. The zero-order chi connectivity index (χ0) is 17.8. The Morgan fingerprint density at radius 3 is 2.58 bits per heavy atom.